The second-order valence-corrected chi connectivity index (χ2v) is 20.1. The Hall–Kier alpha value is -2.44. The van der Waals surface area contributed by atoms with E-state index in [0.29, 0.717) is 19.3 Å². The van der Waals surface area contributed by atoms with Crippen LogP contribution < -0.4 is 5.32 Å². The SMILES string of the molecule is CC/C=C/C=C/C=C\C=C/C=C/CCCC(CC(=O)NC(CO)C(O)CCCCCCCCCCCCCCCCCCC)OC(=O)CCCCCCCCCCCCCCCCCCCCC. The standard InChI is InChI=1S/C62H113NO5/c1-4-7-10-13-16-19-22-25-27-29-30-32-34-37-40-43-46-49-52-55-62(67)68-58(53-50-47-44-41-38-35-24-21-18-15-12-9-6-3)56-61(66)63-59(57-64)60(65)54-51-48-45-42-39-36-33-31-28-26-23-20-17-14-11-8-5-2/h9,12,15,18,21,24,35,38,41,44,58-60,64-65H,4-8,10-11,13-14,16-17,19-20,22-23,25-34,36-37,39-40,42-43,45-57H2,1-3H3,(H,63,66)/b12-9+,18-15+,24-21-,38-35-,44-41+. The molecular weight excluding hydrogens is 839 g/mol. The van der Waals surface area contributed by atoms with E-state index in [9.17, 15) is 19.8 Å². The highest BCUT2D eigenvalue weighted by Crippen LogP contribution is 2.18. The van der Waals surface area contributed by atoms with E-state index in [0.717, 1.165) is 57.8 Å². The van der Waals surface area contributed by atoms with Crippen LogP contribution in [0.1, 0.15) is 297 Å². The number of rotatable bonds is 53. The quantitative estimate of drug-likeness (QED) is 0.0321. The largest absolute Gasteiger partial charge is 0.462 e. The first-order valence-corrected chi connectivity index (χ1v) is 29.6. The Bertz CT molecular complexity index is 1210. The highest BCUT2D eigenvalue weighted by atomic mass is 16.5. The predicted octanol–water partition coefficient (Wildman–Crippen LogP) is 18.4. The first kappa shape index (κ1) is 65.6. The van der Waals surface area contributed by atoms with E-state index in [1.807, 2.05) is 48.6 Å². The molecule has 0 fully saturated rings. The first-order valence-electron chi connectivity index (χ1n) is 29.6. The topological polar surface area (TPSA) is 95.9 Å². The van der Waals surface area contributed by atoms with Crippen LogP contribution in [0.2, 0.25) is 0 Å². The summed E-state index contributed by atoms with van der Waals surface area (Å²) in [7, 11) is 0. The summed E-state index contributed by atoms with van der Waals surface area (Å²) in [6.45, 7) is 6.36. The number of carbonyl (C=O) groups excluding carboxylic acids is 2. The molecule has 6 heteroatoms. The third-order valence-electron chi connectivity index (χ3n) is 13.5. The van der Waals surface area contributed by atoms with E-state index in [-0.39, 0.29) is 24.9 Å². The van der Waals surface area contributed by atoms with Gasteiger partial charge in [0.15, 0.2) is 0 Å². The average molecular weight is 953 g/mol. The van der Waals surface area contributed by atoms with Crippen LogP contribution in [0.3, 0.4) is 0 Å². The van der Waals surface area contributed by atoms with Crippen molar-refractivity contribution in [2.45, 2.75) is 315 Å². The lowest BCUT2D eigenvalue weighted by Crippen LogP contribution is -2.46. The maximum Gasteiger partial charge on any atom is 0.306 e. The zero-order valence-electron chi connectivity index (χ0n) is 45.2. The van der Waals surface area contributed by atoms with Gasteiger partial charge < -0.3 is 20.3 Å². The molecule has 68 heavy (non-hydrogen) atoms. The maximum absolute atomic E-state index is 13.3. The summed E-state index contributed by atoms with van der Waals surface area (Å²) in [5.74, 6) is -0.534. The van der Waals surface area contributed by atoms with Crippen LogP contribution in [0.5, 0.6) is 0 Å². The van der Waals surface area contributed by atoms with Crippen molar-refractivity contribution < 1.29 is 24.5 Å². The van der Waals surface area contributed by atoms with E-state index in [2.05, 4.69) is 38.2 Å². The van der Waals surface area contributed by atoms with Crippen LogP contribution in [0, 0.1) is 0 Å². The van der Waals surface area contributed by atoms with Crippen LogP contribution in [0.15, 0.2) is 60.8 Å². The van der Waals surface area contributed by atoms with E-state index < -0.39 is 18.2 Å². The van der Waals surface area contributed by atoms with Gasteiger partial charge in [-0.2, -0.15) is 0 Å². The number of aliphatic hydroxyl groups is 2. The molecule has 0 spiro atoms. The van der Waals surface area contributed by atoms with Gasteiger partial charge in [-0.1, -0.05) is 306 Å². The van der Waals surface area contributed by atoms with Crippen LogP contribution in [0.25, 0.3) is 0 Å². The van der Waals surface area contributed by atoms with Gasteiger partial charge in [-0.05, 0) is 38.5 Å². The molecule has 396 valence electrons. The van der Waals surface area contributed by atoms with Gasteiger partial charge >= 0.3 is 5.97 Å². The molecule has 0 bridgehead atoms. The minimum Gasteiger partial charge on any atom is -0.462 e. The molecule has 3 unspecified atom stereocenters. The van der Waals surface area contributed by atoms with Gasteiger partial charge in [0.25, 0.3) is 0 Å². The molecular formula is C62H113NO5. The summed E-state index contributed by atoms with van der Waals surface area (Å²) in [5.41, 5.74) is 0. The highest BCUT2D eigenvalue weighted by molar-refractivity contribution is 5.77. The number of unbranched alkanes of at least 4 members (excludes halogenated alkanes) is 35. The number of hydrogen-bond donors (Lipinski definition) is 3. The minimum absolute atomic E-state index is 0.0304. The van der Waals surface area contributed by atoms with Gasteiger partial charge in [-0.25, -0.2) is 0 Å². The van der Waals surface area contributed by atoms with E-state index >= 15 is 0 Å². The molecule has 0 aromatic carbocycles. The van der Waals surface area contributed by atoms with Crippen LogP contribution >= 0.6 is 0 Å². The molecule has 6 nitrogen and oxygen atoms in total. The molecule has 0 aliphatic carbocycles. The summed E-state index contributed by atoms with van der Waals surface area (Å²) >= 11 is 0. The zero-order chi connectivity index (χ0) is 49.5. The Morgan fingerprint density at radius 3 is 1.18 bits per heavy atom. The fourth-order valence-corrected chi connectivity index (χ4v) is 9.05. The first-order chi connectivity index (χ1) is 33.5. The number of ether oxygens (including phenoxy) is 1. The normalized spacial score (nSPS) is 13.5. The van der Waals surface area contributed by atoms with Crippen molar-refractivity contribution in [1.29, 1.82) is 0 Å². The van der Waals surface area contributed by atoms with Gasteiger partial charge in [0.05, 0.1) is 25.2 Å². The van der Waals surface area contributed by atoms with Crippen molar-refractivity contribution in [2.24, 2.45) is 0 Å². The fourth-order valence-electron chi connectivity index (χ4n) is 9.05. The van der Waals surface area contributed by atoms with Gasteiger partial charge in [0.1, 0.15) is 6.10 Å². The summed E-state index contributed by atoms with van der Waals surface area (Å²) in [6, 6.07) is -0.725. The zero-order valence-corrected chi connectivity index (χ0v) is 45.2. The lowest BCUT2D eigenvalue weighted by atomic mass is 10.0. The van der Waals surface area contributed by atoms with Crippen molar-refractivity contribution in [3.05, 3.63) is 60.8 Å². The summed E-state index contributed by atoms with van der Waals surface area (Å²) in [6.07, 6.45) is 70.2. The molecule has 0 saturated carbocycles. The molecule has 1 amide bonds. The van der Waals surface area contributed by atoms with Crippen LogP contribution in [-0.2, 0) is 14.3 Å². The highest BCUT2D eigenvalue weighted by Gasteiger charge is 2.24. The summed E-state index contributed by atoms with van der Waals surface area (Å²) < 4.78 is 5.92. The Balaban J connectivity index is 4.53. The maximum atomic E-state index is 13.3. The van der Waals surface area contributed by atoms with Gasteiger partial charge in [0, 0.05) is 6.42 Å². The molecule has 3 atom stereocenters. The predicted molar refractivity (Wildman–Crippen MR) is 296 cm³/mol. The van der Waals surface area contributed by atoms with Crippen molar-refractivity contribution in [3.63, 3.8) is 0 Å². The number of aliphatic hydroxyl groups excluding tert-OH is 2. The number of amides is 1. The monoisotopic (exact) mass is 952 g/mol. The molecule has 0 aliphatic rings. The summed E-state index contributed by atoms with van der Waals surface area (Å²) in [5, 5.41) is 23.9. The van der Waals surface area contributed by atoms with Crippen LogP contribution in [-0.4, -0.2) is 46.9 Å². The molecule has 0 radical (unpaired) electrons. The Morgan fingerprint density at radius 2 is 0.794 bits per heavy atom. The van der Waals surface area contributed by atoms with E-state index in [4.69, 9.17) is 4.74 Å². The average Bonchev–Trinajstić information content (AvgIpc) is 3.33. The molecule has 0 aliphatic heterocycles. The molecule has 0 saturated heterocycles. The Kier molecular flexibility index (Phi) is 53.5. The Morgan fingerprint density at radius 1 is 0.441 bits per heavy atom. The fraction of sp³-hybridized carbons (Fsp3) is 0.806. The van der Waals surface area contributed by atoms with Crippen LogP contribution in [0.4, 0.5) is 0 Å². The lowest BCUT2D eigenvalue weighted by molar-refractivity contribution is -0.151. The van der Waals surface area contributed by atoms with Gasteiger partial charge in [-0.15, -0.1) is 0 Å². The lowest BCUT2D eigenvalue weighted by Gasteiger charge is -2.24. The molecule has 0 aromatic rings. The van der Waals surface area contributed by atoms with E-state index in [1.54, 1.807) is 0 Å². The molecule has 3 N–H and O–H groups in total. The third-order valence-corrected chi connectivity index (χ3v) is 13.5. The smallest absolute Gasteiger partial charge is 0.306 e. The van der Waals surface area contributed by atoms with Crippen molar-refractivity contribution >= 4 is 11.9 Å². The second-order valence-electron chi connectivity index (χ2n) is 20.1. The number of esters is 1. The van der Waals surface area contributed by atoms with E-state index in [1.165, 1.54) is 193 Å². The van der Waals surface area contributed by atoms with Crippen molar-refractivity contribution in [1.82, 2.24) is 5.32 Å². The number of nitrogens with one attached hydrogen (secondary N) is 1. The van der Waals surface area contributed by atoms with Crippen molar-refractivity contribution in [2.75, 3.05) is 6.61 Å². The molecule has 0 rings (SSSR count). The van der Waals surface area contributed by atoms with Gasteiger partial charge in [-0.3, -0.25) is 9.59 Å². The second kappa shape index (κ2) is 55.5. The minimum atomic E-state index is -0.808. The number of allylic oxidation sites excluding steroid dienone is 10. The van der Waals surface area contributed by atoms with Gasteiger partial charge in [0.2, 0.25) is 5.91 Å². The Labute approximate surface area is 422 Å². The van der Waals surface area contributed by atoms with Crippen molar-refractivity contribution in [3.8, 4) is 0 Å². The molecule has 0 aromatic heterocycles. The number of hydrogen-bond acceptors (Lipinski definition) is 5. The summed E-state index contributed by atoms with van der Waals surface area (Å²) in [4.78, 5) is 26.3. The third kappa shape index (κ3) is 50.0. The number of carbonyl (C=O) groups is 2. The molecule has 0 heterocycles.